The van der Waals surface area contributed by atoms with Crippen LogP contribution in [0.5, 0.6) is 5.75 Å². The highest BCUT2D eigenvalue weighted by atomic mass is 32.2. The number of rotatable bonds is 4. The molecular weight excluding hydrogens is 318 g/mol. The summed E-state index contributed by atoms with van der Waals surface area (Å²) in [6.07, 6.45) is 0. The number of aromatic nitrogens is 4. The minimum absolute atomic E-state index is 0.0351. The van der Waals surface area contributed by atoms with Crippen molar-refractivity contribution in [1.82, 2.24) is 20.6 Å². The number of phenolic OH excluding ortho intramolecular Hbond substituents is 1. The van der Waals surface area contributed by atoms with Crippen molar-refractivity contribution >= 4 is 15.7 Å². The fraction of sp³-hybridized carbons (Fsp3) is 0.0714. The first-order valence-electron chi connectivity index (χ1n) is 6.62. The largest absolute Gasteiger partial charge is 0.506 e. The number of nitrogens with zero attached hydrogens (tertiary/aromatic N) is 3. The Morgan fingerprint density at radius 3 is 2.52 bits per heavy atom. The van der Waals surface area contributed by atoms with Gasteiger partial charge in [-0.25, -0.2) is 8.42 Å². The number of aromatic amines is 1. The van der Waals surface area contributed by atoms with Crippen molar-refractivity contribution in [3.8, 4) is 17.1 Å². The van der Waals surface area contributed by atoms with Gasteiger partial charge in [-0.05, 0) is 42.5 Å². The number of phenols is 1. The van der Waals surface area contributed by atoms with Gasteiger partial charge in [-0.1, -0.05) is 17.7 Å². The highest BCUT2D eigenvalue weighted by molar-refractivity contribution is 7.92. The van der Waals surface area contributed by atoms with Crippen molar-refractivity contribution in [2.45, 2.75) is 11.8 Å². The van der Waals surface area contributed by atoms with Gasteiger partial charge in [-0.2, -0.15) is 5.21 Å². The Balaban J connectivity index is 1.96. The third kappa shape index (κ3) is 3.14. The van der Waals surface area contributed by atoms with Crippen LogP contribution in [0.2, 0.25) is 0 Å². The molecule has 1 aromatic heterocycles. The maximum atomic E-state index is 12.4. The summed E-state index contributed by atoms with van der Waals surface area (Å²) in [5.41, 5.74) is 1.50. The van der Waals surface area contributed by atoms with Gasteiger partial charge in [0.05, 0.1) is 10.6 Å². The zero-order valence-electron chi connectivity index (χ0n) is 12.1. The third-order valence-electron chi connectivity index (χ3n) is 3.18. The first-order chi connectivity index (χ1) is 11.0. The molecule has 0 amide bonds. The van der Waals surface area contributed by atoms with Gasteiger partial charge in [0.1, 0.15) is 5.75 Å². The molecule has 23 heavy (non-hydrogen) atoms. The van der Waals surface area contributed by atoms with E-state index in [1.165, 1.54) is 24.3 Å². The van der Waals surface area contributed by atoms with E-state index in [2.05, 4.69) is 25.3 Å². The van der Waals surface area contributed by atoms with Crippen LogP contribution in [-0.2, 0) is 10.0 Å². The predicted molar refractivity (Wildman–Crippen MR) is 83.3 cm³/mol. The van der Waals surface area contributed by atoms with E-state index in [1.54, 1.807) is 18.2 Å². The molecule has 9 heteroatoms. The Kier molecular flexibility index (Phi) is 3.70. The number of hydrogen-bond donors (Lipinski definition) is 3. The van der Waals surface area contributed by atoms with E-state index in [9.17, 15) is 13.5 Å². The number of H-pyrrole nitrogens is 1. The van der Waals surface area contributed by atoms with Crippen LogP contribution >= 0.6 is 0 Å². The molecule has 8 nitrogen and oxygen atoms in total. The van der Waals surface area contributed by atoms with Crippen LogP contribution in [0.25, 0.3) is 11.4 Å². The van der Waals surface area contributed by atoms with E-state index < -0.39 is 10.0 Å². The van der Waals surface area contributed by atoms with Crippen molar-refractivity contribution in [2.24, 2.45) is 0 Å². The summed E-state index contributed by atoms with van der Waals surface area (Å²) in [6, 6.07) is 10.7. The van der Waals surface area contributed by atoms with Crippen LogP contribution in [-0.4, -0.2) is 34.1 Å². The molecule has 0 saturated carbocycles. The normalized spacial score (nSPS) is 11.3. The molecule has 0 atom stereocenters. The number of nitrogens with one attached hydrogen (secondary N) is 2. The summed E-state index contributed by atoms with van der Waals surface area (Å²) in [7, 11) is -3.81. The lowest BCUT2D eigenvalue weighted by atomic mass is 10.2. The molecule has 3 N–H and O–H groups in total. The summed E-state index contributed by atoms with van der Waals surface area (Å²) in [4.78, 5) is 0.104. The van der Waals surface area contributed by atoms with Crippen LogP contribution in [0.4, 0.5) is 5.69 Å². The number of benzene rings is 2. The van der Waals surface area contributed by atoms with Crippen molar-refractivity contribution in [3.05, 3.63) is 48.0 Å². The van der Waals surface area contributed by atoms with E-state index >= 15 is 0 Å². The topological polar surface area (TPSA) is 121 Å². The first kappa shape index (κ1) is 15.0. The zero-order valence-corrected chi connectivity index (χ0v) is 12.9. The van der Waals surface area contributed by atoms with E-state index in [0.29, 0.717) is 11.4 Å². The molecule has 0 unspecified atom stereocenters. The third-order valence-corrected chi connectivity index (χ3v) is 4.56. The number of hydrogen-bond acceptors (Lipinski definition) is 6. The Labute approximate surface area is 132 Å². The molecule has 118 valence electrons. The molecule has 0 aliphatic carbocycles. The van der Waals surface area contributed by atoms with Crippen molar-refractivity contribution in [1.29, 1.82) is 0 Å². The molecule has 0 fully saturated rings. The van der Waals surface area contributed by atoms with Gasteiger partial charge in [0.25, 0.3) is 10.0 Å². The Hall–Kier alpha value is -2.94. The molecule has 0 saturated heterocycles. The van der Waals surface area contributed by atoms with Crippen molar-refractivity contribution in [2.75, 3.05) is 4.72 Å². The van der Waals surface area contributed by atoms with E-state index in [0.717, 1.165) is 5.56 Å². The fourth-order valence-corrected chi connectivity index (χ4v) is 3.03. The summed E-state index contributed by atoms with van der Waals surface area (Å²) < 4.78 is 27.1. The monoisotopic (exact) mass is 331 g/mol. The molecule has 0 spiro atoms. The number of tetrazole rings is 1. The lowest BCUT2D eigenvalue weighted by Crippen LogP contribution is -2.13. The van der Waals surface area contributed by atoms with Gasteiger partial charge in [-0.15, -0.1) is 10.2 Å². The van der Waals surface area contributed by atoms with Crippen molar-refractivity contribution in [3.63, 3.8) is 0 Å². The molecule has 0 aliphatic rings. The standard InChI is InChI=1S/C14H13N5O3S/c1-9-2-5-11(6-3-9)23(21,22)17-12-8-10(4-7-13(12)20)14-15-18-19-16-14/h2-8,17,20H,1H3,(H,15,16,18,19). The van der Waals surface area contributed by atoms with Crippen LogP contribution in [0.1, 0.15) is 5.56 Å². The maximum Gasteiger partial charge on any atom is 0.262 e. The average molecular weight is 331 g/mol. The predicted octanol–water partition coefficient (Wildman–Crippen LogP) is 1.68. The smallest absolute Gasteiger partial charge is 0.262 e. The highest BCUT2D eigenvalue weighted by Gasteiger charge is 2.17. The van der Waals surface area contributed by atoms with Gasteiger partial charge >= 0.3 is 0 Å². The molecule has 3 aromatic rings. The number of aryl methyl sites for hydroxylation is 1. The van der Waals surface area contributed by atoms with Gasteiger partial charge in [0.15, 0.2) is 0 Å². The molecule has 3 rings (SSSR count). The summed E-state index contributed by atoms with van der Waals surface area (Å²) >= 11 is 0. The molecule has 0 radical (unpaired) electrons. The van der Waals surface area contributed by atoms with Crippen molar-refractivity contribution < 1.29 is 13.5 Å². The lowest BCUT2D eigenvalue weighted by Gasteiger charge is -2.10. The number of sulfonamides is 1. The minimum atomic E-state index is -3.81. The van der Waals surface area contributed by atoms with Gasteiger partial charge in [0.2, 0.25) is 5.82 Å². The van der Waals surface area contributed by atoms with Gasteiger partial charge in [0, 0.05) is 5.56 Å². The zero-order chi connectivity index (χ0) is 16.4. The van der Waals surface area contributed by atoms with Crippen LogP contribution in [0.15, 0.2) is 47.4 Å². The second kappa shape index (κ2) is 5.69. The first-order valence-corrected chi connectivity index (χ1v) is 8.10. The number of aromatic hydroxyl groups is 1. The maximum absolute atomic E-state index is 12.4. The Bertz CT molecular complexity index is 922. The molecule has 2 aromatic carbocycles. The summed E-state index contributed by atoms with van der Waals surface area (Å²) in [6.45, 7) is 1.87. The Morgan fingerprint density at radius 1 is 1.13 bits per heavy atom. The second-order valence-electron chi connectivity index (χ2n) is 4.89. The molecular formula is C14H13N5O3S. The second-order valence-corrected chi connectivity index (χ2v) is 6.57. The lowest BCUT2D eigenvalue weighted by molar-refractivity contribution is 0.477. The van der Waals surface area contributed by atoms with Gasteiger partial charge < -0.3 is 5.11 Å². The average Bonchev–Trinajstić information content (AvgIpc) is 3.04. The van der Waals surface area contributed by atoms with E-state index in [4.69, 9.17) is 0 Å². The summed E-state index contributed by atoms with van der Waals surface area (Å²) in [5.74, 6) is 0.0914. The highest BCUT2D eigenvalue weighted by Crippen LogP contribution is 2.30. The molecule has 0 bridgehead atoms. The summed E-state index contributed by atoms with van der Waals surface area (Å²) in [5, 5.41) is 23.3. The van der Waals surface area contributed by atoms with Crippen LogP contribution in [0.3, 0.4) is 0 Å². The number of anilines is 1. The molecule has 0 aliphatic heterocycles. The SMILES string of the molecule is Cc1ccc(S(=O)(=O)Nc2cc(-c3nn[nH]n3)ccc2O)cc1. The van der Waals surface area contributed by atoms with Gasteiger partial charge in [-0.3, -0.25) is 4.72 Å². The Morgan fingerprint density at radius 2 is 1.87 bits per heavy atom. The molecule has 1 heterocycles. The van der Waals surface area contributed by atoms with Crippen LogP contribution in [0, 0.1) is 6.92 Å². The van der Waals surface area contributed by atoms with E-state index in [1.807, 2.05) is 6.92 Å². The minimum Gasteiger partial charge on any atom is -0.506 e. The quantitative estimate of drug-likeness (QED) is 0.625. The van der Waals surface area contributed by atoms with Crippen LogP contribution < -0.4 is 4.72 Å². The fourth-order valence-electron chi connectivity index (χ4n) is 1.96. The van der Waals surface area contributed by atoms with E-state index in [-0.39, 0.29) is 16.3 Å².